The van der Waals surface area contributed by atoms with Gasteiger partial charge in [-0.2, -0.15) is 0 Å². The number of aldehydes is 1. The third-order valence-electron chi connectivity index (χ3n) is 5.60. The Morgan fingerprint density at radius 1 is 1.40 bits per heavy atom. The number of carbonyl (C=O) groups is 1. The van der Waals surface area contributed by atoms with E-state index in [1.807, 2.05) is 0 Å². The van der Waals surface area contributed by atoms with Crippen LogP contribution in [0.1, 0.15) is 47.7 Å². The fourth-order valence-corrected chi connectivity index (χ4v) is 3.99. The van der Waals surface area contributed by atoms with Crippen molar-refractivity contribution >= 4 is 6.29 Å². The second-order valence-electron chi connectivity index (χ2n) is 7.02. The van der Waals surface area contributed by atoms with Gasteiger partial charge in [-0.15, -0.1) is 0 Å². The molecule has 0 N–H and O–H groups in total. The lowest BCUT2D eigenvalue weighted by atomic mass is 9.97. The first-order valence-corrected chi connectivity index (χ1v) is 7.70. The highest BCUT2D eigenvalue weighted by molar-refractivity contribution is 5.85. The number of benzene rings is 1. The first-order valence-electron chi connectivity index (χ1n) is 7.70. The molecule has 0 amide bonds. The van der Waals surface area contributed by atoms with Crippen molar-refractivity contribution in [1.29, 1.82) is 0 Å². The topological polar surface area (TPSA) is 35.5 Å². The minimum absolute atomic E-state index is 0.00885. The molecule has 1 aromatic rings. The molecule has 104 valence electrons. The molecular weight excluding hydrogens is 252 g/mol. The van der Waals surface area contributed by atoms with Gasteiger partial charge in [-0.1, -0.05) is 6.92 Å². The lowest BCUT2D eigenvalue weighted by Crippen LogP contribution is -2.17. The lowest BCUT2D eigenvalue weighted by molar-refractivity contribution is 0.111. The number of fused-ring (bicyclic) bond motifs is 2. The van der Waals surface area contributed by atoms with Crippen molar-refractivity contribution in [2.24, 2.45) is 11.8 Å². The smallest absolute Gasteiger partial charge is 0.154 e. The van der Waals surface area contributed by atoms with Crippen LogP contribution in [0.2, 0.25) is 0 Å². The molecule has 0 saturated heterocycles. The third kappa shape index (κ3) is 1.33. The summed E-state index contributed by atoms with van der Waals surface area (Å²) in [7, 11) is 0. The number of carbonyl (C=O) groups excluding carboxylic acids is 1. The molecule has 5 rings (SSSR count). The molecule has 2 aliphatic heterocycles. The average molecular weight is 270 g/mol. The van der Waals surface area contributed by atoms with Gasteiger partial charge in [0.15, 0.2) is 6.29 Å². The normalized spacial score (nSPS) is 36.2. The van der Waals surface area contributed by atoms with Crippen LogP contribution >= 0.6 is 0 Å². The van der Waals surface area contributed by atoms with Crippen molar-refractivity contribution in [2.45, 2.75) is 50.7 Å². The van der Waals surface area contributed by atoms with Gasteiger partial charge in [-0.3, -0.25) is 4.79 Å². The molecule has 3 atom stereocenters. The van der Waals surface area contributed by atoms with Crippen LogP contribution in [0.3, 0.4) is 0 Å². The molecule has 2 heterocycles. The average Bonchev–Trinajstić information content (AvgIpc) is 3.28. The van der Waals surface area contributed by atoms with Crippen molar-refractivity contribution in [3.63, 3.8) is 0 Å². The number of rotatable bonds is 2. The minimum atomic E-state index is -0.00885. The Balaban J connectivity index is 1.58. The molecule has 0 bridgehead atoms. The number of ether oxygens (including phenoxy) is 2. The van der Waals surface area contributed by atoms with E-state index in [1.165, 1.54) is 18.4 Å². The van der Waals surface area contributed by atoms with Crippen LogP contribution in [0.4, 0.5) is 0 Å². The van der Waals surface area contributed by atoms with Crippen LogP contribution < -0.4 is 9.47 Å². The minimum Gasteiger partial charge on any atom is -0.489 e. The number of hydrogen-bond donors (Lipinski definition) is 0. The van der Waals surface area contributed by atoms with Gasteiger partial charge < -0.3 is 9.47 Å². The fraction of sp³-hybridized carbons (Fsp3) is 0.588. The maximum absolute atomic E-state index is 11.6. The fourth-order valence-electron chi connectivity index (χ4n) is 3.99. The molecular formula is C17H18O3. The van der Waals surface area contributed by atoms with E-state index >= 15 is 0 Å². The first kappa shape index (κ1) is 11.2. The van der Waals surface area contributed by atoms with Crippen molar-refractivity contribution in [2.75, 3.05) is 0 Å². The number of hydrogen-bond acceptors (Lipinski definition) is 3. The summed E-state index contributed by atoms with van der Waals surface area (Å²) in [6.45, 7) is 2.22. The van der Waals surface area contributed by atoms with Crippen LogP contribution in [0.15, 0.2) is 6.07 Å². The van der Waals surface area contributed by atoms with Crippen molar-refractivity contribution in [1.82, 2.24) is 0 Å². The van der Waals surface area contributed by atoms with Crippen molar-refractivity contribution in [3.05, 3.63) is 22.8 Å². The first-order chi connectivity index (χ1) is 9.70. The Labute approximate surface area is 118 Å². The van der Waals surface area contributed by atoms with Crippen LogP contribution in [0.5, 0.6) is 11.5 Å². The monoisotopic (exact) mass is 270 g/mol. The molecule has 2 saturated carbocycles. The Morgan fingerprint density at radius 3 is 2.85 bits per heavy atom. The van der Waals surface area contributed by atoms with E-state index in [-0.39, 0.29) is 5.60 Å². The van der Waals surface area contributed by atoms with Gasteiger partial charge in [0, 0.05) is 24.0 Å². The zero-order chi connectivity index (χ0) is 13.5. The summed E-state index contributed by atoms with van der Waals surface area (Å²) < 4.78 is 12.3. The Morgan fingerprint density at radius 2 is 2.20 bits per heavy atom. The summed E-state index contributed by atoms with van der Waals surface area (Å²) in [5.41, 5.74) is 3.01. The second-order valence-corrected chi connectivity index (χ2v) is 7.02. The van der Waals surface area contributed by atoms with E-state index in [1.54, 1.807) is 0 Å². The molecule has 3 unspecified atom stereocenters. The molecule has 3 nitrogen and oxygen atoms in total. The molecule has 3 heteroatoms. The van der Waals surface area contributed by atoms with Gasteiger partial charge in [0.25, 0.3) is 0 Å². The molecule has 1 spiro atoms. The van der Waals surface area contributed by atoms with E-state index in [0.717, 1.165) is 48.2 Å². The maximum atomic E-state index is 11.6. The van der Waals surface area contributed by atoms with E-state index in [4.69, 9.17) is 9.47 Å². The molecule has 2 fully saturated rings. The van der Waals surface area contributed by atoms with E-state index in [9.17, 15) is 4.79 Å². The second kappa shape index (κ2) is 3.38. The summed E-state index contributed by atoms with van der Waals surface area (Å²) in [5.74, 6) is 3.09. The van der Waals surface area contributed by atoms with Gasteiger partial charge in [0.05, 0.1) is 5.56 Å². The van der Waals surface area contributed by atoms with Gasteiger partial charge in [0.2, 0.25) is 0 Å². The molecule has 1 aromatic carbocycles. The standard InChI is InChI=1S/C17H18O3/c1-9-6-17(9)7-11-4-15-12(13(8-18)16(11)20-17)5-14(19-15)10-2-3-10/h4,8-10,14H,2-3,5-7H2,1H3. The SMILES string of the molecule is CC1CC12Cc1cc3c(c(C=O)c1O2)CC(C1CC1)O3. The van der Waals surface area contributed by atoms with Gasteiger partial charge in [-0.25, -0.2) is 0 Å². The Kier molecular flexibility index (Phi) is 1.89. The van der Waals surface area contributed by atoms with Gasteiger partial charge in [0.1, 0.15) is 23.2 Å². The predicted molar refractivity (Wildman–Crippen MR) is 73.5 cm³/mol. The van der Waals surface area contributed by atoms with Gasteiger partial charge in [-0.05, 0) is 37.2 Å². The zero-order valence-corrected chi connectivity index (χ0v) is 11.6. The summed E-state index contributed by atoms with van der Waals surface area (Å²) in [5, 5.41) is 0. The van der Waals surface area contributed by atoms with Crippen LogP contribution in [0.25, 0.3) is 0 Å². The van der Waals surface area contributed by atoms with Crippen molar-refractivity contribution in [3.8, 4) is 11.5 Å². The Hall–Kier alpha value is -1.51. The third-order valence-corrected chi connectivity index (χ3v) is 5.60. The summed E-state index contributed by atoms with van der Waals surface area (Å²) in [6, 6.07) is 2.14. The van der Waals surface area contributed by atoms with Gasteiger partial charge >= 0.3 is 0 Å². The van der Waals surface area contributed by atoms with Crippen molar-refractivity contribution < 1.29 is 14.3 Å². The van der Waals surface area contributed by atoms with E-state index in [2.05, 4.69) is 13.0 Å². The highest BCUT2D eigenvalue weighted by atomic mass is 16.5. The highest BCUT2D eigenvalue weighted by Crippen LogP contribution is 2.57. The zero-order valence-electron chi connectivity index (χ0n) is 11.6. The summed E-state index contributed by atoms with van der Waals surface area (Å²) in [6.07, 6.45) is 6.73. The quantitative estimate of drug-likeness (QED) is 0.775. The predicted octanol–water partition coefficient (Wildman–Crippen LogP) is 2.93. The van der Waals surface area contributed by atoms with Crippen LogP contribution in [-0.2, 0) is 12.8 Å². The maximum Gasteiger partial charge on any atom is 0.154 e. The molecule has 0 aromatic heterocycles. The molecule has 2 aliphatic carbocycles. The largest absolute Gasteiger partial charge is 0.489 e. The van der Waals surface area contributed by atoms with E-state index < -0.39 is 0 Å². The van der Waals surface area contributed by atoms with Crippen LogP contribution in [-0.4, -0.2) is 18.0 Å². The lowest BCUT2D eigenvalue weighted by Gasteiger charge is -2.10. The summed E-state index contributed by atoms with van der Waals surface area (Å²) in [4.78, 5) is 11.6. The van der Waals surface area contributed by atoms with E-state index in [0.29, 0.717) is 17.9 Å². The molecule has 0 radical (unpaired) electrons. The van der Waals surface area contributed by atoms with Crippen LogP contribution in [0, 0.1) is 11.8 Å². The molecule has 20 heavy (non-hydrogen) atoms. The molecule has 4 aliphatic rings. The summed E-state index contributed by atoms with van der Waals surface area (Å²) >= 11 is 0. The highest BCUT2D eigenvalue weighted by Gasteiger charge is 2.58. The Bertz CT molecular complexity index is 632.